The molecule has 0 aromatic heterocycles. The predicted molar refractivity (Wildman–Crippen MR) is 91.9 cm³/mol. The van der Waals surface area contributed by atoms with Crippen molar-refractivity contribution < 1.29 is 4.79 Å². The smallest absolute Gasteiger partial charge is 0.237 e. The van der Waals surface area contributed by atoms with Crippen LogP contribution < -0.4 is 0 Å². The first-order chi connectivity index (χ1) is 11.0. The Morgan fingerprint density at radius 1 is 1.13 bits per heavy atom. The zero-order valence-corrected chi connectivity index (χ0v) is 15.1. The quantitative estimate of drug-likeness (QED) is 0.777. The zero-order chi connectivity index (χ0) is 16.9. The first-order valence-corrected chi connectivity index (χ1v) is 9.09. The number of hydrogen-bond acceptors (Lipinski definition) is 4. The highest BCUT2D eigenvalue weighted by molar-refractivity contribution is 5.79. The summed E-state index contributed by atoms with van der Waals surface area (Å²) in [6.45, 7) is 10.1. The molecule has 2 rings (SSSR count). The van der Waals surface area contributed by atoms with E-state index in [-0.39, 0.29) is 5.91 Å². The third-order valence-corrected chi connectivity index (χ3v) is 5.35. The number of amides is 1. The van der Waals surface area contributed by atoms with Crippen molar-refractivity contribution >= 4 is 5.91 Å². The van der Waals surface area contributed by atoms with Gasteiger partial charge in [0.25, 0.3) is 0 Å². The molecule has 1 aliphatic carbocycles. The van der Waals surface area contributed by atoms with Gasteiger partial charge in [0.15, 0.2) is 0 Å². The third kappa shape index (κ3) is 4.68. The van der Waals surface area contributed by atoms with Gasteiger partial charge >= 0.3 is 0 Å². The van der Waals surface area contributed by atoms with Gasteiger partial charge in [0, 0.05) is 39.8 Å². The van der Waals surface area contributed by atoms with Crippen LogP contribution in [0.25, 0.3) is 0 Å². The molecule has 0 spiro atoms. The standard InChI is InChI=1S/C18H32N4O/c1-16(2)13-21-9-11-22(12-10-21)14-17(23)20(3)18(15-19)7-5-4-6-8-18/h16H,4-14H2,1-3H3. The third-order valence-electron chi connectivity index (χ3n) is 5.35. The van der Waals surface area contributed by atoms with Gasteiger partial charge in [0.05, 0.1) is 12.6 Å². The van der Waals surface area contributed by atoms with Crippen LogP contribution in [0.3, 0.4) is 0 Å². The van der Waals surface area contributed by atoms with E-state index in [1.54, 1.807) is 4.90 Å². The lowest BCUT2D eigenvalue weighted by atomic mass is 9.81. The first kappa shape index (κ1) is 18.2. The topological polar surface area (TPSA) is 50.6 Å². The number of carbonyl (C=O) groups excluding carboxylic acids is 1. The maximum atomic E-state index is 12.7. The van der Waals surface area contributed by atoms with Crippen LogP contribution in [0.4, 0.5) is 0 Å². The number of likely N-dealkylation sites (N-methyl/N-ethyl adjacent to an activating group) is 1. The summed E-state index contributed by atoms with van der Waals surface area (Å²) in [5.74, 6) is 0.793. The number of piperazine rings is 1. The Morgan fingerprint density at radius 3 is 2.22 bits per heavy atom. The molecule has 1 heterocycles. The van der Waals surface area contributed by atoms with Gasteiger partial charge in [-0.1, -0.05) is 33.1 Å². The largest absolute Gasteiger partial charge is 0.326 e. The van der Waals surface area contributed by atoms with Crippen molar-refractivity contribution in [1.82, 2.24) is 14.7 Å². The molecule has 130 valence electrons. The van der Waals surface area contributed by atoms with Gasteiger partial charge in [-0.05, 0) is 18.8 Å². The summed E-state index contributed by atoms with van der Waals surface area (Å²) in [6.07, 6.45) is 4.95. The molecule has 1 aliphatic heterocycles. The van der Waals surface area contributed by atoms with Gasteiger partial charge in [0.1, 0.15) is 5.54 Å². The first-order valence-electron chi connectivity index (χ1n) is 9.09. The van der Waals surface area contributed by atoms with E-state index >= 15 is 0 Å². The molecule has 1 saturated carbocycles. The van der Waals surface area contributed by atoms with Crippen molar-refractivity contribution in [3.63, 3.8) is 0 Å². The Balaban J connectivity index is 1.84. The minimum atomic E-state index is -0.561. The van der Waals surface area contributed by atoms with Crippen LogP contribution in [0, 0.1) is 17.2 Å². The van der Waals surface area contributed by atoms with Crippen molar-refractivity contribution in [3.8, 4) is 6.07 Å². The van der Waals surface area contributed by atoms with E-state index in [1.165, 1.54) is 6.42 Å². The summed E-state index contributed by atoms with van der Waals surface area (Å²) in [7, 11) is 1.83. The molecule has 0 radical (unpaired) electrons. The van der Waals surface area contributed by atoms with Crippen molar-refractivity contribution in [2.45, 2.75) is 51.5 Å². The maximum Gasteiger partial charge on any atom is 0.237 e. The number of rotatable bonds is 5. The van der Waals surface area contributed by atoms with Gasteiger partial charge in [0.2, 0.25) is 5.91 Å². The summed E-state index contributed by atoms with van der Waals surface area (Å²) < 4.78 is 0. The van der Waals surface area contributed by atoms with E-state index < -0.39 is 5.54 Å². The Bertz CT molecular complexity index is 429. The fourth-order valence-electron chi connectivity index (χ4n) is 3.84. The van der Waals surface area contributed by atoms with E-state index in [0.717, 1.165) is 58.4 Å². The van der Waals surface area contributed by atoms with Crippen molar-refractivity contribution in [3.05, 3.63) is 0 Å². The lowest BCUT2D eigenvalue weighted by Crippen LogP contribution is -2.55. The second-order valence-electron chi connectivity index (χ2n) is 7.63. The van der Waals surface area contributed by atoms with Crippen molar-refractivity contribution in [2.24, 2.45) is 5.92 Å². The highest BCUT2D eigenvalue weighted by Gasteiger charge is 2.39. The minimum absolute atomic E-state index is 0.103. The van der Waals surface area contributed by atoms with Gasteiger partial charge in [-0.25, -0.2) is 0 Å². The maximum absolute atomic E-state index is 12.7. The van der Waals surface area contributed by atoms with Crippen LogP contribution in [0.2, 0.25) is 0 Å². The Morgan fingerprint density at radius 2 is 1.70 bits per heavy atom. The molecular weight excluding hydrogens is 288 g/mol. The minimum Gasteiger partial charge on any atom is -0.326 e. The average Bonchev–Trinajstić information content (AvgIpc) is 2.56. The van der Waals surface area contributed by atoms with E-state index in [1.807, 2.05) is 7.05 Å². The van der Waals surface area contributed by atoms with E-state index in [0.29, 0.717) is 12.5 Å². The lowest BCUT2D eigenvalue weighted by Gasteiger charge is -2.41. The number of nitrogens with zero attached hydrogens (tertiary/aromatic N) is 4. The highest BCUT2D eigenvalue weighted by atomic mass is 16.2. The summed E-state index contributed by atoms with van der Waals surface area (Å²) >= 11 is 0. The van der Waals surface area contributed by atoms with E-state index in [4.69, 9.17) is 0 Å². The highest BCUT2D eigenvalue weighted by Crippen LogP contribution is 2.32. The van der Waals surface area contributed by atoms with Gasteiger partial charge in [-0.15, -0.1) is 0 Å². The molecule has 23 heavy (non-hydrogen) atoms. The SMILES string of the molecule is CC(C)CN1CCN(CC(=O)N(C)C2(C#N)CCCCC2)CC1. The molecule has 0 aromatic carbocycles. The zero-order valence-electron chi connectivity index (χ0n) is 15.1. The molecule has 5 heteroatoms. The molecule has 5 nitrogen and oxygen atoms in total. The summed E-state index contributed by atoms with van der Waals surface area (Å²) in [5.41, 5.74) is -0.561. The molecule has 0 bridgehead atoms. The second-order valence-corrected chi connectivity index (χ2v) is 7.63. The van der Waals surface area contributed by atoms with E-state index in [9.17, 15) is 10.1 Å². The summed E-state index contributed by atoms with van der Waals surface area (Å²) in [4.78, 5) is 19.1. The fourth-order valence-corrected chi connectivity index (χ4v) is 3.84. The van der Waals surface area contributed by atoms with Gasteiger partial charge < -0.3 is 9.80 Å². The van der Waals surface area contributed by atoms with Crippen molar-refractivity contribution in [2.75, 3.05) is 46.3 Å². The average molecular weight is 320 g/mol. The summed E-state index contributed by atoms with van der Waals surface area (Å²) in [6, 6.07) is 2.44. The summed E-state index contributed by atoms with van der Waals surface area (Å²) in [5, 5.41) is 9.62. The van der Waals surface area contributed by atoms with Crippen LogP contribution in [0.15, 0.2) is 0 Å². The predicted octanol–water partition coefficient (Wildman–Crippen LogP) is 1.94. The van der Waals surface area contributed by atoms with Crippen LogP contribution >= 0.6 is 0 Å². The van der Waals surface area contributed by atoms with Crippen LogP contribution in [-0.2, 0) is 4.79 Å². The second kappa shape index (κ2) is 8.12. The van der Waals surface area contributed by atoms with Crippen LogP contribution in [-0.4, -0.2) is 72.5 Å². The molecule has 2 aliphatic rings. The Hall–Kier alpha value is -1.12. The normalized spacial score (nSPS) is 22.7. The number of hydrogen-bond donors (Lipinski definition) is 0. The fraction of sp³-hybridized carbons (Fsp3) is 0.889. The number of nitriles is 1. The van der Waals surface area contributed by atoms with Gasteiger partial charge in [-0.3, -0.25) is 9.69 Å². The van der Waals surface area contributed by atoms with Crippen molar-refractivity contribution in [1.29, 1.82) is 5.26 Å². The Labute approximate surface area is 141 Å². The molecule has 1 saturated heterocycles. The lowest BCUT2D eigenvalue weighted by molar-refractivity contribution is -0.136. The number of carbonyl (C=O) groups is 1. The Kier molecular flexibility index (Phi) is 6.43. The monoisotopic (exact) mass is 320 g/mol. The van der Waals surface area contributed by atoms with Crippen LogP contribution in [0.5, 0.6) is 0 Å². The van der Waals surface area contributed by atoms with Gasteiger partial charge in [-0.2, -0.15) is 5.26 Å². The molecular formula is C18H32N4O. The molecule has 2 fully saturated rings. The molecule has 0 atom stereocenters. The molecule has 1 amide bonds. The van der Waals surface area contributed by atoms with E-state index in [2.05, 4.69) is 29.7 Å². The molecule has 0 N–H and O–H groups in total. The molecule has 0 aromatic rings. The molecule has 0 unspecified atom stereocenters. The van der Waals surface area contributed by atoms with Crippen LogP contribution in [0.1, 0.15) is 46.0 Å².